The predicted octanol–water partition coefficient (Wildman–Crippen LogP) is 0.756. The van der Waals surface area contributed by atoms with Gasteiger partial charge in [0, 0.05) is 5.57 Å². The molecule has 154 valence electrons. The van der Waals surface area contributed by atoms with Gasteiger partial charge in [-0.2, -0.15) is 0 Å². The van der Waals surface area contributed by atoms with Crippen molar-refractivity contribution in [3.63, 3.8) is 0 Å². The molecule has 1 aromatic rings. The van der Waals surface area contributed by atoms with Gasteiger partial charge in [-0.25, -0.2) is 28.8 Å². The summed E-state index contributed by atoms with van der Waals surface area (Å²) in [5.74, 6) is -10.3. The topological polar surface area (TPSA) is 202 Å². The van der Waals surface area contributed by atoms with Crippen molar-refractivity contribution in [3.8, 4) is 0 Å². The van der Waals surface area contributed by atoms with Crippen LogP contribution in [0.25, 0.3) is 0 Å². The molecule has 0 bridgehead atoms. The Bertz CT molecular complexity index is 940. The van der Waals surface area contributed by atoms with Gasteiger partial charge >= 0.3 is 35.8 Å². The molecule has 0 spiro atoms. The molecule has 0 unspecified atom stereocenters. The van der Waals surface area contributed by atoms with Crippen molar-refractivity contribution in [1.29, 1.82) is 0 Å². The van der Waals surface area contributed by atoms with E-state index in [1.54, 1.807) is 0 Å². The van der Waals surface area contributed by atoms with Crippen LogP contribution in [0.15, 0.2) is 18.2 Å². The average Bonchev–Trinajstić information content (AvgIpc) is 2.62. The Labute approximate surface area is 161 Å². The molecule has 0 heterocycles. The Balaban J connectivity index is 3.44. The Hall–Kier alpha value is -4.22. The Kier molecular flexibility index (Phi) is 7.18. The molecule has 29 heavy (non-hydrogen) atoms. The van der Waals surface area contributed by atoms with Crippen LogP contribution >= 0.6 is 0 Å². The number of hydrogen-bond donors (Lipinski definition) is 4. The zero-order chi connectivity index (χ0) is 22.5. The van der Waals surface area contributed by atoms with Crippen LogP contribution < -0.4 is 0 Å². The molecule has 1 rings (SSSR count). The number of rotatable bonds is 9. The number of carboxylic acid groups (broad SMARTS) is 4. The molecule has 0 radical (unpaired) electrons. The average molecular weight is 410 g/mol. The molecule has 0 aliphatic heterocycles. The summed E-state index contributed by atoms with van der Waals surface area (Å²) < 4.78 is 9.32. The first-order chi connectivity index (χ1) is 13.4. The minimum Gasteiger partial charge on any atom is -0.478 e. The summed E-state index contributed by atoms with van der Waals surface area (Å²) in [6.07, 6.45) is 0. The number of aromatic carboxylic acids is 4. The van der Waals surface area contributed by atoms with Crippen LogP contribution in [-0.4, -0.2) is 69.5 Å². The molecule has 12 nitrogen and oxygen atoms in total. The third kappa shape index (κ3) is 5.15. The van der Waals surface area contributed by atoms with Crippen LogP contribution in [0.3, 0.4) is 0 Å². The first kappa shape index (κ1) is 22.8. The Morgan fingerprint density at radius 1 is 0.759 bits per heavy atom. The van der Waals surface area contributed by atoms with Gasteiger partial charge in [0.15, 0.2) is 0 Å². The van der Waals surface area contributed by atoms with E-state index in [0.29, 0.717) is 6.07 Å². The highest BCUT2D eigenvalue weighted by Gasteiger charge is 2.34. The molecule has 4 N–H and O–H groups in total. The van der Waals surface area contributed by atoms with Gasteiger partial charge in [-0.3, -0.25) is 0 Å². The zero-order valence-corrected chi connectivity index (χ0v) is 14.8. The quantitative estimate of drug-likeness (QED) is 0.253. The fourth-order valence-electron chi connectivity index (χ4n) is 2.14. The summed E-state index contributed by atoms with van der Waals surface area (Å²) in [6, 6.07) is 0.393. The maximum Gasteiger partial charge on any atom is 0.339 e. The second-order valence-corrected chi connectivity index (χ2v) is 5.37. The van der Waals surface area contributed by atoms with Crippen LogP contribution in [-0.2, 0) is 14.3 Å². The lowest BCUT2D eigenvalue weighted by atomic mass is 9.91. The van der Waals surface area contributed by atoms with Gasteiger partial charge in [-0.05, 0) is 13.0 Å². The normalized spacial score (nSPS) is 9.97. The fourth-order valence-corrected chi connectivity index (χ4v) is 2.14. The third-order valence-electron chi connectivity index (χ3n) is 3.32. The summed E-state index contributed by atoms with van der Waals surface area (Å²) in [4.78, 5) is 69.1. The minimum absolute atomic E-state index is 0.0611. The highest BCUT2D eigenvalue weighted by molar-refractivity contribution is 6.17. The van der Waals surface area contributed by atoms with Crippen molar-refractivity contribution in [2.75, 3.05) is 13.2 Å². The highest BCUT2D eigenvalue weighted by atomic mass is 16.6. The van der Waals surface area contributed by atoms with Crippen molar-refractivity contribution >= 4 is 35.8 Å². The Morgan fingerprint density at radius 2 is 1.21 bits per heavy atom. The van der Waals surface area contributed by atoms with Crippen molar-refractivity contribution in [3.05, 3.63) is 46.0 Å². The van der Waals surface area contributed by atoms with E-state index < -0.39 is 76.8 Å². The number of ether oxygens (including phenoxy) is 2. The molecule has 1 aromatic carbocycles. The lowest BCUT2D eigenvalue weighted by molar-refractivity contribution is -0.140. The summed E-state index contributed by atoms with van der Waals surface area (Å²) >= 11 is 0. The summed E-state index contributed by atoms with van der Waals surface area (Å²) in [5, 5.41) is 36.9. The molecular formula is C17H14O12. The maximum atomic E-state index is 12.2. The number of benzene rings is 1. The molecular weight excluding hydrogens is 396 g/mol. The number of hydrogen-bond acceptors (Lipinski definition) is 8. The lowest BCUT2D eigenvalue weighted by Gasteiger charge is -2.14. The van der Waals surface area contributed by atoms with Crippen LogP contribution in [0.5, 0.6) is 0 Å². The molecule has 0 aromatic heterocycles. The molecule has 0 amide bonds. The smallest absolute Gasteiger partial charge is 0.339 e. The lowest BCUT2D eigenvalue weighted by Crippen LogP contribution is -2.24. The van der Waals surface area contributed by atoms with Crippen molar-refractivity contribution in [2.24, 2.45) is 0 Å². The molecule has 0 fully saturated rings. The van der Waals surface area contributed by atoms with Crippen molar-refractivity contribution in [1.82, 2.24) is 0 Å². The third-order valence-corrected chi connectivity index (χ3v) is 3.32. The van der Waals surface area contributed by atoms with Gasteiger partial charge in [0.25, 0.3) is 0 Å². The number of carbonyl (C=O) groups is 6. The van der Waals surface area contributed by atoms with E-state index in [2.05, 4.69) is 16.1 Å². The first-order valence-corrected chi connectivity index (χ1v) is 7.54. The summed E-state index contributed by atoms with van der Waals surface area (Å²) in [7, 11) is 0. The van der Waals surface area contributed by atoms with Gasteiger partial charge in [-0.1, -0.05) is 6.58 Å². The van der Waals surface area contributed by atoms with E-state index in [0.717, 1.165) is 0 Å². The molecule has 0 atom stereocenters. The fraction of sp³-hybridized carbons (Fsp3) is 0.176. The summed E-state index contributed by atoms with van der Waals surface area (Å²) in [5.41, 5.74) is -6.03. The van der Waals surface area contributed by atoms with Gasteiger partial charge < -0.3 is 29.9 Å². The van der Waals surface area contributed by atoms with E-state index in [1.807, 2.05) is 0 Å². The van der Waals surface area contributed by atoms with Crippen LogP contribution in [0, 0.1) is 0 Å². The number of esters is 2. The van der Waals surface area contributed by atoms with Crippen LogP contribution in [0.4, 0.5) is 0 Å². The molecule has 0 aliphatic rings. The Morgan fingerprint density at radius 3 is 1.62 bits per heavy atom. The van der Waals surface area contributed by atoms with E-state index >= 15 is 0 Å². The van der Waals surface area contributed by atoms with E-state index in [9.17, 15) is 39.0 Å². The van der Waals surface area contributed by atoms with Gasteiger partial charge in [0.05, 0.1) is 27.8 Å². The van der Waals surface area contributed by atoms with Gasteiger partial charge in [0.1, 0.15) is 13.2 Å². The van der Waals surface area contributed by atoms with Crippen LogP contribution in [0.2, 0.25) is 0 Å². The monoisotopic (exact) mass is 410 g/mol. The SMILES string of the molecule is C=C(C)C(=O)OCCOC(=O)c1cc(C(=O)O)c(C(=O)O)c(C(=O)O)c1C(=O)O. The number of carbonyl (C=O) groups excluding carboxylic acids is 2. The first-order valence-electron chi connectivity index (χ1n) is 7.54. The van der Waals surface area contributed by atoms with Crippen LogP contribution in [0.1, 0.15) is 58.7 Å². The van der Waals surface area contributed by atoms with E-state index in [-0.39, 0.29) is 5.57 Å². The van der Waals surface area contributed by atoms with E-state index in [4.69, 9.17) is 10.2 Å². The highest BCUT2D eigenvalue weighted by Crippen LogP contribution is 2.25. The second-order valence-electron chi connectivity index (χ2n) is 5.37. The minimum atomic E-state index is -2.08. The van der Waals surface area contributed by atoms with Gasteiger partial charge in [-0.15, -0.1) is 0 Å². The predicted molar refractivity (Wildman–Crippen MR) is 90.3 cm³/mol. The molecule has 0 saturated carbocycles. The standard InChI is InChI=1S/C17H14O12/c1-6(2)16(26)28-3-4-29-17(27)8-5-7(12(18)19)9(13(20)21)11(15(24)25)10(8)14(22)23/h5H,1,3-4H2,2H3,(H,18,19)(H,20,21)(H,22,23)(H,24,25). The summed E-state index contributed by atoms with van der Waals surface area (Å²) in [6.45, 7) is 3.64. The molecule has 12 heteroatoms. The van der Waals surface area contributed by atoms with E-state index in [1.165, 1.54) is 6.92 Å². The largest absolute Gasteiger partial charge is 0.478 e. The van der Waals surface area contributed by atoms with Crippen molar-refractivity contribution < 1.29 is 58.7 Å². The van der Waals surface area contributed by atoms with Gasteiger partial charge in [0.2, 0.25) is 0 Å². The molecule has 0 aliphatic carbocycles. The van der Waals surface area contributed by atoms with Crippen molar-refractivity contribution in [2.45, 2.75) is 6.92 Å². The second kappa shape index (κ2) is 9.12. The molecule has 0 saturated heterocycles. The number of carboxylic acids is 4. The maximum absolute atomic E-state index is 12.2. The zero-order valence-electron chi connectivity index (χ0n) is 14.8.